The smallest absolute Gasteiger partial charge is 0.306 e. The Bertz CT molecular complexity index is 883. The fourth-order valence-electron chi connectivity index (χ4n) is 2.13. The van der Waals surface area contributed by atoms with Crippen LogP contribution in [0, 0.1) is 6.92 Å². The van der Waals surface area contributed by atoms with Gasteiger partial charge in [-0.3, -0.25) is 4.79 Å². The maximum absolute atomic E-state index is 12.1. The summed E-state index contributed by atoms with van der Waals surface area (Å²) in [6.45, 7) is 2.02. The minimum atomic E-state index is -0.273. The number of carbonyl (C=O) groups excluding carboxylic acids is 1. The van der Waals surface area contributed by atoms with Gasteiger partial charge in [-0.05, 0) is 36.8 Å². The van der Waals surface area contributed by atoms with E-state index in [1.165, 1.54) is 11.6 Å². The van der Waals surface area contributed by atoms with Crippen LogP contribution in [-0.2, 0) is 0 Å². The van der Waals surface area contributed by atoms with E-state index in [2.05, 4.69) is 9.97 Å². The van der Waals surface area contributed by atoms with Gasteiger partial charge in [0.2, 0.25) is 0 Å². The van der Waals surface area contributed by atoms with Gasteiger partial charge in [-0.15, -0.1) is 0 Å². The van der Waals surface area contributed by atoms with Crippen molar-refractivity contribution in [3.05, 3.63) is 75.7 Å². The fraction of sp³-hybridized carbons (Fsp3) is 0.0588. The summed E-state index contributed by atoms with van der Waals surface area (Å²) >= 11 is 0. The van der Waals surface area contributed by atoms with Crippen LogP contribution >= 0.6 is 0 Å². The van der Waals surface area contributed by atoms with Crippen molar-refractivity contribution in [2.45, 2.75) is 6.92 Å². The second-order valence-corrected chi connectivity index (χ2v) is 4.95. The van der Waals surface area contributed by atoms with E-state index in [1.54, 1.807) is 24.3 Å². The van der Waals surface area contributed by atoms with Crippen molar-refractivity contribution in [1.29, 1.82) is 0 Å². The second kappa shape index (κ2) is 5.25. The van der Waals surface area contributed by atoms with E-state index in [9.17, 15) is 9.59 Å². The van der Waals surface area contributed by atoms with Crippen LogP contribution in [0.1, 0.15) is 21.5 Å². The number of aromatic amines is 2. The number of H-pyrrole nitrogens is 2. The third-order valence-corrected chi connectivity index (χ3v) is 3.30. The van der Waals surface area contributed by atoms with E-state index in [0.717, 1.165) is 5.56 Å². The minimum absolute atomic E-state index is 0.0977. The van der Waals surface area contributed by atoms with E-state index < -0.39 is 0 Å². The average molecular weight is 278 g/mol. The third kappa shape index (κ3) is 2.84. The molecule has 4 heteroatoms. The van der Waals surface area contributed by atoms with E-state index in [-0.39, 0.29) is 11.5 Å². The Balaban J connectivity index is 1.86. The molecule has 0 spiro atoms. The number of aromatic nitrogens is 2. The van der Waals surface area contributed by atoms with Gasteiger partial charge in [0.05, 0.1) is 11.0 Å². The third-order valence-electron chi connectivity index (χ3n) is 3.30. The van der Waals surface area contributed by atoms with Crippen molar-refractivity contribution in [2.24, 2.45) is 0 Å². The van der Waals surface area contributed by atoms with Crippen molar-refractivity contribution >= 4 is 22.9 Å². The first-order valence-corrected chi connectivity index (χ1v) is 6.63. The molecule has 2 N–H and O–H groups in total. The highest BCUT2D eigenvalue weighted by molar-refractivity contribution is 6.08. The minimum Gasteiger partial charge on any atom is -0.306 e. The zero-order valence-electron chi connectivity index (χ0n) is 11.5. The van der Waals surface area contributed by atoms with Gasteiger partial charge >= 0.3 is 5.69 Å². The lowest BCUT2D eigenvalue weighted by atomic mass is 10.1. The summed E-state index contributed by atoms with van der Waals surface area (Å²) in [6.07, 6.45) is 3.32. The highest BCUT2D eigenvalue weighted by atomic mass is 16.1. The SMILES string of the molecule is Cc1ccc(/C=C/C(=O)c2ccc3[nH]c(=O)[nH]c3c2)cc1. The lowest BCUT2D eigenvalue weighted by Gasteiger charge is -1.97. The summed E-state index contributed by atoms with van der Waals surface area (Å²) in [5, 5.41) is 0. The normalized spacial score (nSPS) is 11.3. The molecule has 1 aromatic heterocycles. The van der Waals surface area contributed by atoms with Crippen LogP contribution in [0.15, 0.2) is 53.3 Å². The van der Waals surface area contributed by atoms with Crippen molar-refractivity contribution in [1.82, 2.24) is 9.97 Å². The molecule has 0 saturated heterocycles. The monoisotopic (exact) mass is 278 g/mol. The largest absolute Gasteiger partial charge is 0.323 e. The molecular weight excluding hydrogens is 264 g/mol. The number of imidazole rings is 1. The maximum Gasteiger partial charge on any atom is 0.323 e. The number of fused-ring (bicyclic) bond motifs is 1. The molecule has 0 aliphatic carbocycles. The molecule has 0 bridgehead atoms. The number of carbonyl (C=O) groups is 1. The number of ketones is 1. The number of hydrogen-bond donors (Lipinski definition) is 2. The van der Waals surface area contributed by atoms with Gasteiger partial charge in [0.1, 0.15) is 0 Å². The van der Waals surface area contributed by atoms with Crippen molar-refractivity contribution in [3.63, 3.8) is 0 Å². The van der Waals surface area contributed by atoms with Gasteiger partial charge < -0.3 is 9.97 Å². The maximum atomic E-state index is 12.1. The molecule has 0 saturated carbocycles. The Morgan fingerprint density at radius 2 is 1.71 bits per heavy atom. The van der Waals surface area contributed by atoms with Gasteiger partial charge in [0.25, 0.3) is 0 Å². The summed E-state index contributed by atoms with van der Waals surface area (Å²) in [7, 11) is 0. The number of nitrogens with one attached hydrogen (secondary N) is 2. The van der Waals surface area contributed by atoms with Gasteiger partial charge in [-0.2, -0.15) is 0 Å². The summed E-state index contributed by atoms with van der Waals surface area (Å²) in [5.74, 6) is -0.0977. The van der Waals surface area contributed by atoms with Gasteiger partial charge in [-0.25, -0.2) is 4.79 Å². The van der Waals surface area contributed by atoms with Crippen LogP contribution in [0.3, 0.4) is 0 Å². The Morgan fingerprint density at radius 1 is 1.00 bits per heavy atom. The van der Waals surface area contributed by atoms with Crippen LogP contribution in [0.5, 0.6) is 0 Å². The predicted molar refractivity (Wildman–Crippen MR) is 83.5 cm³/mol. The first-order valence-electron chi connectivity index (χ1n) is 6.63. The second-order valence-electron chi connectivity index (χ2n) is 4.95. The fourth-order valence-corrected chi connectivity index (χ4v) is 2.13. The number of aryl methyl sites for hydroxylation is 1. The molecule has 0 unspecified atom stereocenters. The molecular formula is C17H14N2O2. The first-order chi connectivity index (χ1) is 10.1. The lowest BCUT2D eigenvalue weighted by Crippen LogP contribution is -1.99. The highest BCUT2D eigenvalue weighted by Gasteiger charge is 2.05. The molecule has 21 heavy (non-hydrogen) atoms. The molecule has 3 rings (SSSR count). The number of hydrogen-bond acceptors (Lipinski definition) is 2. The predicted octanol–water partition coefficient (Wildman–Crippen LogP) is 3.06. The molecule has 0 amide bonds. The topological polar surface area (TPSA) is 65.7 Å². The van der Waals surface area contributed by atoms with E-state index in [4.69, 9.17) is 0 Å². The van der Waals surface area contributed by atoms with E-state index in [0.29, 0.717) is 16.6 Å². The van der Waals surface area contributed by atoms with Crippen LogP contribution in [0.25, 0.3) is 17.1 Å². The zero-order chi connectivity index (χ0) is 14.8. The molecule has 0 radical (unpaired) electrons. The van der Waals surface area contributed by atoms with Crippen LogP contribution in [0.2, 0.25) is 0 Å². The number of rotatable bonds is 3. The average Bonchev–Trinajstić information content (AvgIpc) is 2.85. The van der Waals surface area contributed by atoms with Crippen LogP contribution in [0.4, 0.5) is 0 Å². The standard InChI is InChI=1S/C17H14N2O2/c1-11-2-4-12(5-3-11)6-9-16(20)13-7-8-14-15(10-13)19-17(21)18-14/h2-10H,1H3,(H2,18,19,21)/b9-6+. The van der Waals surface area contributed by atoms with Crippen molar-refractivity contribution in [3.8, 4) is 0 Å². The van der Waals surface area contributed by atoms with Crippen LogP contribution < -0.4 is 5.69 Å². The van der Waals surface area contributed by atoms with Crippen LogP contribution in [-0.4, -0.2) is 15.8 Å². The van der Waals surface area contributed by atoms with Gasteiger partial charge in [-0.1, -0.05) is 35.9 Å². The molecule has 0 aliphatic heterocycles. The Labute approximate surface area is 121 Å². The summed E-state index contributed by atoms with van der Waals surface area (Å²) < 4.78 is 0. The lowest BCUT2D eigenvalue weighted by molar-refractivity contribution is 0.104. The Hall–Kier alpha value is -2.88. The summed E-state index contributed by atoms with van der Waals surface area (Å²) in [4.78, 5) is 28.6. The quantitative estimate of drug-likeness (QED) is 0.571. The van der Waals surface area contributed by atoms with E-state index in [1.807, 2.05) is 31.2 Å². The number of allylic oxidation sites excluding steroid dienone is 1. The van der Waals surface area contributed by atoms with E-state index >= 15 is 0 Å². The molecule has 4 nitrogen and oxygen atoms in total. The zero-order valence-corrected chi connectivity index (χ0v) is 11.5. The molecule has 1 heterocycles. The van der Waals surface area contributed by atoms with Crippen molar-refractivity contribution in [2.75, 3.05) is 0 Å². The van der Waals surface area contributed by atoms with Gasteiger partial charge in [0.15, 0.2) is 5.78 Å². The van der Waals surface area contributed by atoms with Gasteiger partial charge in [0, 0.05) is 5.56 Å². The Morgan fingerprint density at radius 3 is 2.48 bits per heavy atom. The van der Waals surface area contributed by atoms with Crippen molar-refractivity contribution < 1.29 is 4.79 Å². The molecule has 104 valence electrons. The molecule has 2 aromatic carbocycles. The molecule has 3 aromatic rings. The number of benzene rings is 2. The molecule has 0 aliphatic rings. The summed E-state index contributed by atoms with van der Waals surface area (Å²) in [5.41, 5.74) is 3.75. The Kier molecular flexibility index (Phi) is 3.28. The molecule has 0 atom stereocenters. The first kappa shape index (κ1) is 13.1. The highest BCUT2D eigenvalue weighted by Crippen LogP contribution is 2.12. The summed E-state index contributed by atoms with van der Waals surface area (Å²) in [6, 6.07) is 13.0. The molecule has 0 fully saturated rings.